The number of nitriles is 1. The number of thiophene rings is 1. The quantitative estimate of drug-likeness (QED) is 0.832. The molecule has 0 aliphatic heterocycles. The lowest BCUT2D eigenvalue weighted by Crippen LogP contribution is -2.06. The highest BCUT2D eigenvalue weighted by atomic mass is 32.1. The molecule has 1 unspecified atom stereocenters. The third-order valence-corrected chi connectivity index (χ3v) is 4.37. The van der Waals surface area contributed by atoms with Crippen LogP contribution < -0.4 is 5.73 Å². The van der Waals surface area contributed by atoms with Crippen molar-refractivity contribution >= 4 is 17.0 Å². The molecule has 116 valence electrons. The van der Waals surface area contributed by atoms with E-state index < -0.39 is 0 Å². The van der Waals surface area contributed by atoms with E-state index in [1.165, 1.54) is 11.3 Å². The highest BCUT2D eigenvalue weighted by Gasteiger charge is 2.23. The van der Waals surface area contributed by atoms with Gasteiger partial charge >= 0.3 is 0 Å². The second-order valence-electron chi connectivity index (χ2n) is 4.80. The number of methoxy groups -OCH3 is 1. The predicted octanol–water partition coefficient (Wildman–Crippen LogP) is 4.75. The van der Waals surface area contributed by atoms with E-state index >= 15 is 0 Å². The number of ether oxygens (including phenoxy) is 1. The summed E-state index contributed by atoms with van der Waals surface area (Å²) in [5.41, 5.74) is 9.43. The number of aryl methyl sites for hydroxylation is 2. The van der Waals surface area contributed by atoms with Gasteiger partial charge in [0, 0.05) is 12.0 Å². The molecule has 0 bridgehead atoms. The Bertz CT molecular complexity index is 683. The second-order valence-corrected chi connectivity index (χ2v) is 6.06. The van der Waals surface area contributed by atoms with Crippen LogP contribution in [0.4, 0.5) is 5.69 Å². The molecule has 4 heteroatoms. The minimum absolute atomic E-state index is 0.216. The molecule has 0 aliphatic carbocycles. The summed E-state index contributed by atoms with van der Waals surface area (Å²) in [6, 6.07) is 10.2. The van der Waals surface area contributed by atoms with Gasteiger partial charge in [0.25, 0.3) is 0 Å². The largest absolute Gasteiger partial charge is 0.397 e. The van der Waals surface area contributed by atoms with Crippen LogP contribution in [0.2, 0.25) is 0 Å². The molecule has 1 atom stereocenters. The van der Waals surface area contributed by atoms with Crippen molar-refractivity contribution in [3.05, 3.63) is 63.4 Å². The highest BCUT2D eigenvalue weighted by Crippen LogP contribution is 2.39. The van der Waals surface area contributed by atoms with Gasteiger partial charge in [0.1, 0.15) is 12.2 Å². The normalized spacial score (nSPS) is 11.0. The number of nitrogens with zero attached hydrogens (tertiary/aromatic N) is 1. The Kier molecular flexibility index (Phi) is 6.84. The van der Waals surface area contributed by atoms with Crippen LogP contribution in [0.1, 0.15) is 39.5 Å². The van der Waals surface area contributed by atoms with Gasteiger partial charge in [-0.05, 0) is 31.9 Å². The molecule has 0 amide bonds. The number of nitrogen functional groups attached to an aromatic ring is 1. The van der Waals surface area contributed by atoms with E-state index in [-0.39, 0.29) is 6.10 Å². The Morgan fingerprint density at radius 3 is 2.41 bits per heavy atom. The molecule has 1 aromatic carbocycles. The van der Waals surface area contributed by atoms with Crippen LogP contribution in [0.15, 0.2) is 36.9 Å². The van der Waals surface area contributed by atoms with Gasteiger partial charge in [0.2, 0.25) is 0 Å². The van der Waals surface area contributed by atoms with Crippen molar-refractivity contribution < 1.29 is 4.74 Å². The zero-order valence-corrected chi connectivity index (χ0v) is 14.3. The van der Waals surface area contributed by atoms with Crippen LogP contribution in [0.5, 0.6) is 0 Å². The molecule has 0 aliphatic rings. The van der Waals surface area contributed by atoms with Gasteiger partial charge in [0.05, 0.1) is 16.1 Å². The van der Waals surface area contributed by atoms with Crippen molar-refractivity contribution in [3.63, 3.8) is 0 Å². The lowest BCUT2D eigenvalue weighted by Gasteiger charge is -2.17. The van der Waals surface area contributed by atoms with E-state index in [9.17, 15) is 0 Å². The minimum atomic E-state index is -0.216. The fraction of sp³-hybridized carbons (Fsp3) is 0.278. The molecular weight excluding hydrogens is 292 g/mol. The standard InChI is InChI=1S/C15H16N2OS.C3H6/c1-9-6-4-5-7-11(9)14(18-3)15-13(17)12(8-16)10(2)19-15;1-3-2/h4-7,14H,17H2,1-3H3;3H,1H2,2H3. The summed E-state index contributed by atoms with van der Waals surface area (Å²) in [4.78, 5) is 1.84. The molecule has 2 aromatic rings. The lowest BCUT2D eigenvalue weighted by molar-refractivity contribution is 0.139. The van der Waals surface area contributed by atoms with Crippen molar-refractivity contribution in [1.29, 1.82) is 5.26 Å². The Morgan fingerprint density at radius 2 is 1.95 bits per heavy atom. The number of allylic oxidation sites excluding steroid dienone is 1. The van der Waals surface area contributed by atoms with Crippen molar-refractivity contribution in [2.24, 2.45) is 0 Å². The van der Waals surface area contributed by atoms with Crippen molar-refractivity contribution in [2.75, 3.05) is 12.8 Å². The van der Waals surface area contributed by atoms with E-state index in [1.807, 2.05) is 45.0 Å². The Morgan fingerprint density at radius 1 is 1.36 bits per heavy atom. The molecule has 0 spiro atoms. The molecule has 1 aromatic heterocycles. The van der Waals surface area contributed by atoms with Gasteiger partial charge in [-0.25, -0.2) is 0 Å². The zero-order valence-electron chi connectivity index (χ0n) is 13.5. The maximum absolute atomic E-state index is 9.13. The lowest BCUT2D eigenvalue weighted by atomic mass is 10.0. The van der Waals surface area contributed by atoms with Crippen LogP contribution in [0, 0.1) is 25.2 Å². The fourth-order valence-electron chi connectivity index (χ4n) is 2.17. The number of hydrogen-bond acceptors (Lipinski definition) is 4. The molecule has 22 heavy (non-hydrogen) atoms. The zero-order chi connectivity index (χ0) is 16.7. The van der Waals surface area contributed by atoms with Gasteiger partial charge in [-0.15, -0.1) is 17.9 Å². The third kappa shape index (κ3) is 3.76. The van der Waals surface area contributed by atoms with E-state index in [0.717, 1.165) is 20.9 Å². The van der Waals surface area contributed by atoms with Gasteiger partial charge < -0.3 is 10.5 Å². The topological polar surface area (TPSA) is 59.0 Å². The maximum Gasteiger partial charge on any atom is 0.119 e. The molecule has 3 nitrogen and oxygen atoms in total. The third-order valence-electron chi connectivity index (χ3n) is 3.21. The van der Waals surface area contributed by atoms with E-state index in [2.05, 4.69) is 12.6 Å². The fourth-order valence-corrected chi connectivity index (χ4v) is 3.30. The summed E-state index contributed by atoms with van der Waals surface area (Å²) in [5, 5.41) is 9.13. The number of nitrogens with two attached hydrogens (primary N) is 1. The second kappa shape index (κ2) is 8.38. The van der Waals surface area contributed by atoms with E-state index in [0.29, 0.717) is 11.3 Å². The molecule has 1 heterocycles. The molecule has 2 rings (SSSR count). The van der Waals surface area contributed by atoms with Gasteiger partial charge in [-0.3, -0.25) is 0 Å². The average Bonchev–Trinajstić information content (AvgIpc) is 2.77. The Balaban J connectivity index is 0.000000745. The first-order valence-electron chi connectivity index (χ1n) is 6.95. The summed E-state index contributed by atoms with van der Waals surface area (Å²) in [7, 11) is 1.66. The van der Waals surface area contributed by atoms with E-state index in [4.69, 9.17) is 15.7 Å². The Hall–Kier alpha value is -2.09. The molecule has 0 radical (unpaired) electrons. The summed E-state index contributed by atoms with van der Waals surface area (Å²) >= 11 is 1.53. The number of rotatable bonds is 3. The smallest absolute Gasteiger partial charge is 0.119 e. The maximum atomic E-state index is 9.13. The summed E-state index contributed by atoms with van der Waals surface area (Å²) in [5.74, 6) is 0. The summed E-state index contributed by atoms with van der Waals surface area (Å²) in [6.45, 7) is 9.21. The van der Waals surface area contributed by atoms with Crippen molar-refractivity contribution in [1.82, 2.24) is 0 Å². The molecule has 2 N–H and O–H groups in total. The number of hydrogen-bond donors (Lipinski definition) is 1. The molecule has 0 saturated carbocycles. The summed E-state index contributed by atoms with van der Waals surface area (Å²) < 4.78 is 5.62. The Labute approximate surface area is 136 Å². The first kappa shape index (κ1) is 18.0. The summed E-state index contributed by atoms with van der Waals surface area (Å²) in [6.07, 6.45) is 1.53. The minimum Gasteiger partial charge on any atom is -0.397 e. The highest BCUT2D eigenvalue weighted by molar-refractivity contribution is 7.12. The van der Waals surface area contributed by atoms with Crippen molar-refractivity contribution in [2.45, 2.75) is 26.9 Å². The average molecular weight is 314 g/mol. The predicted molar refractivity (Wildman–Crippen MR) is 94.1 cm³/mol. The van der Waals surface area contributed by atoms with E-state index in [1.54, 1.807) is 13.2 Å². The number of anilines is 1. The van der Waals surface area contributed by atoms with Gasteiger partial charge in [-0.2, -0.15) is 5.26 Å². The monoisotopic (exact) mass is 314 g/mol. The van der Waals surface area contributed by atoms with Crippen LogP contribution >= 0.6 is 11.3 Å². The first-order chi connectivity index (χ1) is 10.5. The molecule has 0 fully saturated rings. The number of benzene rings is 1. The van der Waals surface area contributed by atoms with Crippen LogP contribution in [-0.2, 0) is 4.74 Å². The van der Waals surface area contributed by atoms with Gasteiger partial charge in [0.15, 0.2) is 0 Å². The van der Waals surface area contributed by atoms with Crippen LogP contribution in [0.25, 0.3) is 0 Å². The van der Waals surface area contributed by atoms with Crippen molar-refractivity contribution in [3.8, 4) is 6.07 Å². The SMILES string of the molecule is C=CC.COC(c1ccccc1C)c1sc(C)c(C#N)c1N. The van der Waals surface area contributed by atoms with Crippen LogP contribution in [-0.4, -0.2) is 7.11 Å². The van der Waals surface area contributed by atoms with Crippen LogP contribution in [0.3, 0.4) is 0 Å². The van der Waals surface area contributed by atoms with Gasteiger partial charge in [-0.1, -0.05) is 30.3 Å². The molecule has 0 saturated heterocycles. The first-order valence-corrected chi connectivity index (χ1v) is 7.77. The molecular formula is C18H22N2OS.